The third kappa shape index (κ3) is 4.89. The van der Waals surface area contributed by atoms with Crippen molar-refractivity contribution in [1.29, 1.82) is 5.26 Å². The van der Waals surface area contributed by atoms with E-state index in [0.717, 1.165) is 27.7 Å². The Labute approximate surface area is 186 Å². The number of aromatic nitrogens is 1. The summed E-state index contributed by atoms with van der Waals surface area (Å²) in [6, 6.07) is 11.3. The van der Waals surface area contributed by atoms with E-state index in [0.29, 0.717) is 31.6 Å². The van der Waals surface area contributed by atoms with Gasteiger partial charge >= 0.3 is 5.97 Å². The monoisotopic (exact) mass is 435 g/mol. The second-order valence-corrected chi connectivity index (χ2v) is 7.38. The van der Waals surface area contributed by atoms with E-state index < -0.39 is 18.5 Å². The highest BCUT2D eigenvalue weighted by Crippen LogP contribution is 2.24. The Bertz CT molecular complexity index is 1110. The van der Waals surface area contributed by atoms with E-state index in [1.807, 2.05) is 61.7 Å². The summed E-state index contributed by atoms with van der Waals surface area (Å²) in [5, 5.41) is 9.45. The molecule has 1 aromatic carbocycles. The predicted octanol–water partition coefficient (Wildman–Crippen LogP) is 3.09. The third-order valence-electron chi connectivity index (χ3n) is 5.22. The number of esters is 1. The fourth-order valence-electron chi connectivity index (χ4n) is 3.68. The van der Waals surface area contributed by atoms with Crippen molar-refractivity contribution in [3.8, 4) is 17.5 Å². The summed E-state index contributed by atoms with van der Waals surface area (Å²) in [4.78, 5) is 37.1. The lowest BCUT2D eigenvalue weighted by Gasteiger charge is -2.13. The molecule has 1 fully saturated rings. The first-order chi connectivity index (χ1) is 15.3. The number of likely N-dealkylation sites (tertiary alicyclic amines) is 1. The van der Waals surface area contributed by atoms with Crippen LogP contribution in [0.4, 0.5) is 0 Å². The van der Waals surface area contributed by atoms with E-state index in [4.69, 9.17) is 9.47 Å². The second-order valence-electron chi connectivity index (χ2n) is 7.38. The lowest BCUT2D eigenvalue weighted by molar-refractivity contribution is -0.152. The van der Waals surface area contributed by atoms with Gasteiger partial charge in [-0.15, -0.1) is 0 Å². The quantitative estimate of drug-likeness (QED) is 0.376. The molecule has 2 heterocycles. The number of benzene rings is 1. The van der Waals surface area contributed by atoms with Gasteiger partial charge in [-0.05, 0) is 69.2 Å². The lowest BCUT2D eigenvalue weighted by atomic mass is 10.1. The Balaban J connectivity index is 1.76. The van der Waals surface area contributed by atoms with Gasteiger partial charge in [0.05, 0.1) is 6.61 Å². The Hall–Kier alpha value is -3.86. The van der Waals surface area contributed by atoms with Crippen molar-refractivity contribution in [3.05, 3.63) is 52.9 Å². The topological polar surface area (TPSA) is 102 Å². The molecule has 1 saturated heterocycles. The highest BCUT2D eigenvalue weighted by Gasteiger charge is 2.27. The predicted molar refractivity (Wildman–Crippen MR) is 117 cm³/mol. The number of carbonyl (C=O) groups is 3. The molecule has 166 valence electrons. The van der Waals surface area contributed by atoms with Crippen molar-refractivity contribution in [3.63, 3.8) is 0 Å². The maximum atomic E-state index is 12.4. The van der Waals surface area contributed by atoms with Crippen molar-refractivity contribution in [2.75, 3.05) is 19.8 Å². The number of rotatable bonds is 7. The highest BCUT2D eigenvalue weighted by atomic mass is 16.5. The van der Waals surface area contributed by atoms with Gasteiger partial charge < -0.3 is 14.0 Å². The van der Waals surface area contributed by atoms with E-state index in [2.05, 4.69) is 0 Å². The second kappa shape index (κ2) is 9.96. The average Bonchev–Trinajstić information content (AvgIpc) is 3.33. The van der Waals surface area contributed by atoms with E-state index in [1.54, 1.807) is 0 Å². The molecule has 1 aromatic heterocycles. The van der Waals surface area contributed by atoms with Gasteiger partial charge in [0.15, 0.2) is 6.61 Å². The first-order valence-corrected chi connectivity index (χ1v) is 10.4. The zero-order chi connectivity index (χ0) is 23.3. The smallest absolute Gasteiger partial charge is 0.349 e. The molecule has 0 bridgehead atoms. The number of nitrogens with zero attached hydrogens (tertiary/aromatic N) is 3. The normalized spacial score (nSPS) is 13.8. The fourth-order valence-corrected chi connectivity index (χ4v) is 3.68. The zero-order valence-corrected chi connectivity index (χ0v) is 18.4. The molecule has 1 aliphatic rings. The summed E-state index contributed by atoms with van der Waals surface area (Å²) in [6.45, 7) is 6.08. The first-order valence-electron chi connectivity index (χ1n) is 10.4. The fraction of sp³-hybridized carbons (Fsp3) is 0.333. The summed E-state index contributed by atoms with van der Waals surface area (Å²) >= 11 is 0. The molecule has 3 rings (SSSR count). The molecule has 0 aliphatic carbocycles. The number of amides is 2. The van der Waals surface area contributed by atoms with E-state index >= 15 is 0 Å². The van der Waals surface area contributed by atoms with Gasteiger partial charge in [0, 0.05) is 30.0 Å². The maximum Gasteiger partial charge on any atom is 0.349 e. The molecule has 1 aliphatic heterocycles. The van der Waals surface area contributed by atoms with Gasteiger partial charge in [0.1, 0.15) is 17.4 Å². The molecule has 32 heavy (non-hydrogen) atoms. The van der Waals surface area contributed by atoms with Gasteiger partial charge in [-0.1, -0.05) is 0 Å². The molecule has 0 unspecified atom stereocenters. The molecular formula is C24H25N3O5. The Morgan fingerprint density at radius 1 is 1.22 bits per heavy atom. The largest absolute Gasteiger partial charge is 0.494 e. The van der Waals surface area contributed by atoms with E-state index in [9.17, 15) is 19.6 Å². The van der Waals surface area contributed by atoms with Gasteiger partial charge in [-0.25, -0.2) is 4.79 Å². The molecule has 8 heteroatoms. The Morgan fingerprint density at radius 3 is 2.53 bits per heavy atom. The minimum atomic E-state index is -0.904. The molecule has 2 amide bonds. The van der Waals surface area contributed by atoms with Crippen LogP contribution >= 0.6 is 0 Å². The van der Waals surface area contributed by atoms with Gasteiger partial charge in [0.2, 0.25) is 5.91 Å². The summed E-state index contributed by atoms with van der Waals surface area (Å²) in [6.07, 6.45) is 2.36. The minimum absolute atomic E-state index is 0.225. The van der Waals surface area contributed by atoms with E-state index in [1.165, 1.54) is 6.08 Å². The Kier molecular flexibility index (Phi) is 7.11. The SMILES string of the molecule is CCOc1ccc(-n2c(C)cc(/C=C(\C#N)C(=O)OCC(=O)N3CCCC3=O)c2C)cc1. The third-order valence-corrected chi connectivity index (χ3v) is 5.22. The summed E-state index contributed by atoms with van der Waals surface area (Å²) in [7, 11) is 0. The van der Waals surface area contributed by atoms with Gasteiger partial charge in [0.25, 0.3) is 5.91 Å². The average molecular weight is 435 g/mol. The van der Waals surface area contributed by atoms with Crippen molar-refractivity contribution >= 4 is 23.9 Å². The molecular weight excluding hydrogens is 410 g/mol. The maximum absolute atomic E-state index is 12.4. The Morgan fingerprint density at radius 2 is 1.94 bits per heavy atom. The van der Waals surface area contributed by atoms with Crippen LogP contribution in [0, 0.1) is 25.2 Å². The van der Waals surface area contributed by atoms with Crippen molar-refractivity contribution in [2.45, 2.75) is 33.6 Å². The highest BCUT2D eigenvalue weighted by molar-refractivity contribution is 6.01. The van der Waals surface area contributed by atoms with Gasteiger partial charge in [-0.2, -0.15) is 5.26 Å². The molecule has 2 aromatic rings. The molecule has 0 spiro atoms. The van der Waals surface area contributed by atoms with Crippen LogP contribution in [0.5, 0.6) is 5.75 Å². The van der Waals surface area contributed by atoms with Crippen LogP contribution in [-0.4, -0.2) is 47.0 Å². The van der Waals surface area contributed by atoms with Crippen molar-refractivity contribution in [2.24, 2.45) is 0 Å². The number of hydrogen-bond acceptors (Lipinski definition) is 6. The van der Waals surface area contributed by atoms with E-state index in [-0.39, 0.29) is 11.5 Å². The standard InChI is InChI=1S/C24H25N3O5/c1-4-31-21-9-7-20(8-10-21)27-16(2)12-18(17(27)3)13-19(14-25)24(30)32-15-23(29)26-11-5-6-22(26)28/h7-10,12-13H,4-6,11,15H2,1-3H3/b19-13+. The van der Waals surface area contributed by atoms with Crippen LogP contribution in [0.1, 0.15) is 36.7 Å². The van der Waals surface area contributed by atoms with Crippen LogP contribution in [0.15, 0.2) is 35.9 Å². The number of carbonyl (C=O) groups excluding carboxylic acids is 3. The van der Waals surface area contributed by atoms with Crippen LogP contribution in [-0.2, 0) is 19.1 Å². The summed E-state index contributed by atoms with van der Waals surface area (Å²) in [5.41, 5.74) is 3.14. The van der Waals surface area contributed by atoms with Crippen molar-refractivity contribution < 1.29 is 23.9 Å². The molecule has 0 radical (unpaired) electrons. The van der Waals surface area contributed by atoms with Crippen LogP contribution < -0.4 is 4.74 Å². The number of nitriles is 1. The number of hydrogen-bond donors (Lipinski definition) is 0. The van der Waals surface area contributed by atoms with Crippen molar-refractivity contribution in [1.82, 2.24) is 9.47 Å². The number of ether oxygens (including phenoxy) is 2. The first kappa shape index (κ1) is 22.8. The van der Waals surface area contributed by atoms with Crippen LogP contribution in [0.2, 0.25) is 0 Å². The summed E-state index contributed by atoms with van der Waals surface area (Å²) in [5.74, 6) is -0.979. The molecule has 8 nitrogen and oxygen atoms in total. The number of aryl methyl sites for hydroxylation is 1. The number of imide groups is 1. The lowest BCUT2D eigenvalue weighted by Crippen LogP contribution is -2.35. The minimum Gasteiger partial charge on any atom is -0.494 e. The van der Waals surface area contributed by atoms with Crippen LogP contribution in [0.25, 0.3) is 11.8 Å². The molecule has 0 atom stereocenters. The summed E-state index contributed by atoms with van der Waals surface area (Å²) < 4.78 is 12.5. The zero-order valence-electron chi connectivity index (χ0n) is 18.4. The van der Waals surface area contributed by atoms with Gasteiger partial charge in [-0.3, -0.25) is 14.5 Å². The van der Waals surface area contributed by atoms with Crippen LogP contribution in [0.3, 0.4) is 0 Å². The molecule has 0 saturated carbocycles. The molecule has 0 N–H and O–H groups in total.